The zero-order chi connectivity index (χ0) is 21.6. The second kappa shape index (κ2) is 9.13. The molecular weight excluding hydrogens is 393 g/mol. The largest absolute Gasteiger partial charge is 0.382 e. The van der Waals surface area contributed by atoms with E-state index in [9.17, 15) is 9.18 Å². The number of nitrogens with one attached hydrogen (secondary N) is 2. The molecule has 1 aromatic heterocycles. The number of hydrogen-bond donors (Lipinski definition) is 3. The van der Waals surface area contributed by atoms with Gasteiger partial charge in [0.2, 0.25) is 0 Å². The molecule has 1 heterocycles. The van der Waals surface area contributed by atoms with E-state index in [0.29, 0.717) is 30.0 Å². The van der Waals surface area contributed by atoms with Crippen LogP contribution in [0.1, 0.15) is 5.56 Å². The van der Waals surface area contributed by atoms with Crippen molar-refractivity contribution in [3.05, 3.63) is 96.3 Å². The van der Waals surface area contributed by atoms with E-state index in [4.69, 9.17) is 5.73 Å². The van der Waals surface area contributed by atoms with Crippen molar-refractivity contribution >= 4 is 17.5 Å². The maximum absolute atomic E-state index is 13.3. The Bertz CT molecular complexity index is 1160. The lowest BCUT2D eigenvalue weighted by atomic mass is 10.1. The molecular formula is C24H22FN5O. The Kier molecular flexibility index (Phi) is 5.93. The first-order valence-corrected chi connectivity index (χ1v) is 9.90. The minimum absolute atomic E-state index is 0.253. The van der Waals surface area contributed by atoms with Crippen LogP contribution in [-0.4, -0.2) is 22.4 Å². The van der Waals surface area contributed by atoms with Gasteiger partial charge in [-0.15, -0.1) is 0 Å². The Balaban J connectivity index is 1.57. The van der Waals surface area contributed by atoms with Gasteiger partial charge in [-0.1, -0.05) is 60.7 Å². The van der Waals surface area contributed by atoms with Crippen LogP contribution in [0.25, 0.3) is 16.9 Å². The van der Waals surface area contributed by atoms with Gasteiger partial charge in [-0.25, -0.2) is 13.9 Å². The molecule has 0 bridgehead atoms. The Morgan fingerprint density at radius 3 is 2.26 bits per heavy atom. The molecule has 7 heteroatoms. The SMILES string of the molecule is Nc1c(NC(=O)NCCc2ccccc2)c(-c2ccccc2)nn1-c1ccc(F)cc1. The van der Waals surface area contributed by atoms with E-state index >= 15 is 0 Å². The number of urea groups is 1. The summed E-state index contributed by atoms with van der Waals surface area (Å²) in [6.45, 7) is 0.475. The fourth-order valence-corrected chi connectivity index (χ4v) is 3.25. The number of amides is 2. The van der Waals surface area contributed by atoms with Crippen molar-refractivity contribution in [3.8, 4) is 16.9 Å². The average Bonchev–Trinajstić information content (AvgIpc) is 3.12. The number of nitrogen functional groups attached to an aromatic ring is 1. The second-order valence-corrected chi connectivity index (χ2v) is 6.98. The van der Waals surface area contributed by atoms with Gasteiger partial charge in [0.25, 0.3) is 0 Å². The van der Waals surface area contributed by atoms with Crippen LogP contribution in [0.3, 0.4) is 0 Å². The molecule has 4 rings (SSSR count). The first-order valence-electron chi connectivity index (χ1n) is 9.90. The van der Waals surface area contributed by atoms with Crippen molar-refractivity contribution < 1.29 is 9.18 Å². The Hall–Kier alpha value is -4.13. The van der Waals surface area contributed by atoms with Gasteiger partial charge in [0, 0.05) is 12.1 Å². The Morgan fingerprint density at radius 2 is 1.58 bits per heavy atom. The van der Waals surface area contributed by atoms with Gasteiger partial charge in [0.15, 0.2) is 5.82 Å². The maximum Gasteiger partial charge on any atom is 0.319 e. The first-order chi connectivity index (χ1) is 15.1. The van der Waals surface area contributed by atoms with Crippen LogP contribution in [0.4, 0.5) is 20.7 Å². The number of aromatic nitrogens is 2. The quantitative estimate of drug-likeness (QED) is 0.429. The van der Waals surface area contributed by atoms with Crippen LogP contribution in [0.5, 0.6) is 0 Å². The lowest BCUT2D eigenvalue weighted by Crippen LogP contribution is -2.30. The van der Waals surface area contributed by atoms with Crippen molar-refractivity contribution in [3.63, 3.8) is 0 Å². The van der Waals surface area contributed by atoms with Crippen molar-refractivity contribution in [1.82, 2.24) is 15.1 Å². The summed E-state index contributed by atoms with van der Waals surface area (Å²) in [5, 5.41) is 10.3. The van der Waals surface area contributed by atoms with Crippen LogP contribution in [0, 0.1) is 5.82 Å². The molecule has 0 saturated heterocycles. The third kappa shape index (κ3) is 4.72. The van der Waals surface area contributed by atoms with Gasteiger partial charge in [-0.3, -0.25) is 0 Å². The van der Waals surface area contributed by atoms with E-state index in [2.05, 4.69) is 15.7 Å². The van der Waals surface area contributed by atoms with Crippen LogP contribution in [-0.2, 0) is 6.42 Å². The predicted molar refractivity (Wildman–Crippen MR) is 121 cm³/mol. The number of hydrogen-bond acceptors (Lipinski definition) is 3. The standard InChI is InChI=1S/C24H22FN5O/c25-19-11-13-20(14-12-19)30-23(26)22(21(29-30)18-9-5-2-6-10-18)28-24(31)27-16-15-17-7-3-1-4-8-17/h1-14H,15-16,26H2,(H2,27,28,31). The summed E-state index contributed by atoms with van der Waals surface area (Å²) < 4.78 is 14.8. The zero-order valence-corrected chi connectivity index (χ0v) is 16.8. The van der Waals surface area contributed by atoms with E-state index in [1.807, 2.05) is 60.7 Å². The highest BCUT2D eigenvalue weighted by Crippen LogP contribution is 2.34. The van der Waals surface area contributed by atoms with Gasteiger partial charge >= 0.3 is 6.03 Å². The molecule has 0 unspecified atom stereocenters. The number of carbonyl (C=O) groups is 1. The molecule has 0 aliphatic rings. The smallest absolute Gasteiger partial charge is 0.319 e. The molecule has 0 fully saturated rings. The fourth-order valence-electron chi connectivity index (χ4n) is 3.25. The Labute approximate surface area is 179 Å². The third-order valence-corrected chi connectivity index (χ3v) is 4.82. The summed E-state index contributed by atoms with van der Waals surface area (Å²) in [6.07, 6.45) is 0.712. The summed E-state index contributed by atoms with van der Waals surface area (Å²) >= 11 is 0. The van der Waals surface area contributed by atoms with Crippen molar-refractivity contribution in [1.29, 1.82) is 0 Å². The molecule has 0 atom stereocenters. The first kappa shape index (κ1) is 20.2. The molecule has 2 amide bonds. The van der Waals surface area contributed by atoms with E-state index < -0.39 is 0 Å². The van der Waals surface area contributed by atoms with Crippen LogP contribution in [0.2, 0.25) is 0 Å². The number of carbonyl (C=O) groups excluding carboxylic acids is 1. The van der Waals surface area contributed by atoms with E-state index in [-0.39, 0.29) is 17.7 Å². The number of benzene rings is 3. The van der Waals surface area contributed by atoms with Crippen LogP contribution < -0.4 is 16.4 Å². The fraction of sp³-hybridized carbons (Fsp3) is 0.0833. The third-order valence-electron chi connectivity index (χ3n) is 4.82. The summed E-state index contributed by atoms with van der Waals surface area (Å²) in [5.41, 5.74) is 9.80. The minimum Gasteiger partial charge on any atom is -0.382 e. The highest BCUT2D eigenvalue weighted by molar-refractivity contribution is 5.97. The molecule has 0 aliphatic carbocycles. The van der Waals surface area contributed by atoms with Crippen molar-refractivity contribution in [2.75, 3.05) is 17.6 Å². The molecule has 6 nitrogen and oxygen atoms in total. The van der Waals surface area contributed by atoms with Crippen molar-refractivity contribution in [2.45, 2.75) is 6.42 Å². The molecule has 0 radical (unpaired) electrons. The number of halogens is 1. The van der Waals surface area contributed by atoms with Crippen LogP contribution >= 0.6 is 0 Å². The van der Waals surface area contributed by atoms with Gasteiger partial charge in [-0.05, 0) is 36.2 Å². The maximum atomic E-state index is 13.3. The number of nitrogens with two attached hydrogens (primary N) is 1. The monoisotopic (exact) mass is 415 g/mol. The van der Waals surface area contributed by atoms with E-state index in [1.54, 1.807) is 12.1 Å². The number of rotatable bonds is 6. The van der Waals surface area contributed by atoms with Crippen molar-refractivity contribution in [2.24, 2.45) is 0 Å². The number of anilines is 2. The highest BCUT2D eigenvalue weighted by Gasteiger charge is 2.20. The topological polar surface area (TPSA) is 85.0 Å². The molecule has 31 heavy (non-hydrogen) atoms. The lowest BCUT2D eigenvalue weighted by molar-refractivity contribution is 0.252. The van der Waals surface area contributed by atoms with Gasteiger partial charge in [0.05, 0.1) is 5.69 Å². The molecule has 0 spiro atoms. The molecule has 0 aliphatic heterocycles. The molecule has 156 valence electrons. The van der Waals surface area contributed by atoms with Crippen LogP contribution in [0.15, 0.2) is 84.9 Å². The highest BCUT2D eigenvalue weighted by atomic mass is 19.1. The molecule has 4 N–H and O–H groups in total. The lowest BCUT2D eigenvalue weighted by Gasteiger charge is -2.09. The van der Waals surface area contributed by atoms with Gasteiger partial charge < -0.3 is 16.4 Å². The molecule has 0 saturated carbocycles. The predicted octanol–water partition coefficient (Wildman–Crippen LogP) is 4.62. The van der Waals surface area contributed by atoms with E-state index in [1.165, 1.54) is 16.8 Å². The second-order valence-electron chi connectivity index (χ2n) is 6.98. The summed E-state index contributed by atoms with van der Waals surface area (Å²) in [5.74, 6) is -0.0995. The van der Waals surface area contributed by atoms with Gasteiger partial charge in [-0.2, -0.15) is 5.10 Å². The average molecular weight is 415 g/mol. The summed E-state index contributed by atoms with van der Waals surface area (Å²) in [7, 11) is 0. The molecule has 3 aromatic carbocycles. The van der Waals surface area contributed by atoms with Gasteiger partial charge in [0.1, 0.15) is 17.2 Å². The summed E-state index contributed by atoms with van der Waals surface area (Å²) in [4.78, 5) is 12.6. The molecule has 4 aromatic rings. The summed E-state index contributed by atoms with van der Waals surface area (Å²) in [6, 6.07) is 24.8. The van der Waals surface area contributed by atoms with E-state index in [0.717, 1.165) is 11.1 Å². The number of nitrogens with zero attached hydrogens (tertiary/aromatic N) is 2. The minimum atomic E-state index is -0.376. The zero-order valence-electron chi connectivity index (χ0n) is 16.8. The normalized spacial score (nSPS) is 10.6. The Morgan fingerprint density at radius 1 is 0.935 bits per heavy atom.